The van der Waals surface area contributed by atoms with Crippen molar-refractivity contribution in [1.82, 2.24) is 9.97 Å². The van der Waals surface area contributed by atoms with Crippen LogP contribution < -0.4 is 0 Å². The molecule has 2 heterocycles. The van der Waals surface area contributed by atoms with Crippen molar-refractivity contribution in [1.29, 1.82) is 10.5 Å². The summed E-state index contributed by atoms with van der Waals surface area (Å²) in [5.74, 6) is -2.58. The Balaban J connectivity index is 2.59. The Hall–Kier alpha value is -3.78. The van der Waals surface area contributed by atoms with Crippen LogP contribution in [0.1, 0.15) is 31.8 Å². The topological polar surface area (TPSA) is 148 Å². The van der Waals surface area contributed by atoms with Crippen molar-refractivity contribution in [2.24, 2.45) is 0 Å². The second kappa shape index (κ2) is 5.69. The molecule has 0 aliphatic carbocycles. The van der Waals surface area contributed by atoms with E-state index in [9.17, 15) is 9.59 Å². The summed E-state index contributed by atoms with van der Waals surface area (Å²) in [6, 6.07) is 5.91. The average Bonchev–Trinajstić information content (AvgIpc) is 2.53. The molecule has 0 aliphatic heterocycles. The molecule has 0 bridgehead atoms. The molecule has 2 N–H and O–H groups in total. The highest BCUT2D eigenvalue weighted by atomic mass is 16.4. The van der Waals surface area contributed by atoms with Gasteiger partial charge in [0.05, 0.1) is 33.6 Å². The summed E-state index contributed by atoms with van der Waals surface area (Å²) in [6.45, 7) is 0. The third-order valence-electron chi connectivity index (χ3n) is 2.77. The van der Waals surface area contributed by atoms with E-state index in [4.69, 9.17) is 20.7 Å². The first-order chi connectivity index (χ1) is 10.5. The Morgan fingerprint density at radius 2 is 1.23 bits per heavy atom. The molecule has 0 atom stereocenters. The van der Waals surface area contributed by atoms with Crippen LogP contribution >= 0.6 is 0 Å². The van der Waals surface area contributed by atoms with Crippen LogP contribution in [0, 0.1) is 22.7 Å². The van der Waals surface area contributed by atoms with Crippen LogP contribution in [-0.4, -0.2) is 32.1 Å². The van der Waals surface area contributed by atoms with E-state index >= 15 is 0 Å². The molecule has 8 heteroatoms. The predicted molar refractivity (Wildman–Crippen MR) is 70.8 cm³/mol. The average molecular weight is 294 g/mol. The molecule has 0 aromatic carbocycles. The van der Waals surface area contributed by atoms with E-state index in [0.29, 0.717) is 0 Å². The molecule has 0 spiro atoms. The lowest BCUT2D eigenvalue weighted by Crippen LogP contribution is -2.04. The Labute approximate surface area is 123 Å². The Morgan fingerprint density at radius 1 is 0.864 bits per heavy atom. The van der Waals surface area contributed by atoms with Gasteiger partial charge >= 0.3 is 11.9 Å². The van der Waals surface area contributed by atoms with Crippen molar-refractivity contribution in [3.63, 3.8) is 0 Å². The molecule has 0 saturated carbocycles. The standard InChI is InChI=1S/C14H6N4O4/c15-3-7-1-11(17-5-9(7)13(19)20)12-2-8(4-16)10(6-18-12)14(21)22/h1-2,5-6H,(H,19,20)(H,21,22). The fraction of sp³-hybridized carbons (Fsp3) is 0. The van der Waals surface area contributed by atoms with Crippen LogP contribution in [0.15, 0.2) is 24.5 Å². The second-order valence-corrected chi connectivity index (χ2v) is 4.06. The normalized spacial score (nSPS) is 9.55. The van der Waals surface area contributed by atoms with Gasteiger partial charge in [0.2, 0.25) is 0 Å². The molecule has 0 radical (unpaired) electrons. The van der Waals surface area contributed by atoms with Gasteiger partial charge in [-0.2, -0.15) is 10.5 Å². The van der Waals surface area contributed by atoms with Gasteiger partial charge in [0.15, 0.2) is 0 Å². The quantitative estimate of drug-likeness (QED) is 0.859. The largest absolute Gasteiger partial charge is 0.478 e. The fourth-order valence-corrected chi connectivity index (χ4v) is 1.72. The van der Waals surface area contributed by atoms with Gasteiger partial charge in [-0.1, -0.05) is 0 Å². The van der Waals surface area contributed by atoms with Gasteiger partial charge in [0.25, 0.3) is 0 Å². The summed E-state index contributed by atoms with van der Waals surface area (Å²) in [5, 5.41) is 35.8. The fourth-order valence-electron chi connectivity index (χ4n) is 1.72. The highest BCUT2D eigenvalue weighted by Crippen LogP contribution is 2.20. The lowest BCUT2D eigenvalue weighted by Gasteiger charge is -2.04. The number of aromatic nitrogens is 2. The number of hydrogen-bond donors (Lipinski definition) is 2. The first-order valence-electron chi connectivity index (χ1n) is 5.75. The highest BCUT2D eigenvalue weighted by molar-refractivity contribution is 5.91. The van der Waals surface area contributed by atoms with Crippen molar-refractivity contribution >= 4 is 11.9 Å². The van der Waals surface area contributed by atoms with E-state index in [2.05, 4.69) is 9.97 Å². The number of nitriles is 2. The van der Waals surface area contributed by atoms with Crippen LogP contribution in [0.5, 0.6) is 0 Å². The first kappa shape index (κ1) is 14.6. The molecule has 0 fully saturated rings. The molecule has 8 nitrogen and oxygen atoms in total. The van der Waals surface area contributed by atoms with Crippen LogP contribution in [0.4, 0.5) is 0 Å². The molecule has 0 aliphatic rings. The van der Waals surface area contributed by atoms with Crippen molar-refractivity contribution in [2.75, 3.05) is 0 Å². The van der Waals surface area contributed by atoms with Gasteiger partial charge < -0.3 is 10.2 Å². The number of carboxylic acid groups (broad SMARTS) is 2. The van der Waals surface area contributed by atoms with Crippen molar-refractivity contribution < 1.29 is 19.8 Å². The minimum absolute atomic E-state index is 0.111. The van der Waals surface area contributed by atoms with E-state index in [1.54, 1.807) is 12.1 Å². The Kier molecular flexibility index (Phi) is 3.78. The van der Waals surface area contributed by atoms with Crippen LogP contribution in [-0.2, 0) is 0 Å². The summed E-state index contributed by atoms with van der Waals surface area (Å²) in [5.41, 5.74) is -0.409. The number of carboxylic acids is 2. The maximum absolute atomic E-state index is 10.9. The minimum atomic E-state index is -1.29. The van der Waals surface area contributed by atoms with Gasteiger partial charge in [0, 0.05) is 12.4 Å². The third kappa shape index (κ3) is 2.57. The van der Waals surface area contributed by atoms with Crippen molar-refractivity contribution in [3.05, 3.63) is 46.8 Å². The van der Waals surface area contributed by atoms with Gasteiger partial charge in [0.1, 0.15) is 12.1 Å². The van der Waals surface area contributed by atoms with Gasteiger partial charge in [-0.15, -0.1) is 0 Å². The number of hydrogen-bond acceptors (Lipinski definition) is 6. The zero-order chi connectivity index (χ0) is 16.3. The SMILES string of the molecule is N#Cc1cc(-c2cc(C#N)c(C(=O)O)cn2)ncc1C(=O)O. The summed E-state index contributed by atoms with van der Waals surface area (Å²) in [7, 11) is 0. The van der Waals surface area contributed by atoms with Crippen molar-refractivity contribution in [2.45, 2.75) is 0 Å². The summed E-state index contributed by atoms with van der Waals surface area (Å²) in [6.07, 6.45) is 2.02. The minimum Gasteiger partial charge on any atom is -0.478 e. The van der Waals surface area contributed by atoms with Crippen LogP contribution in [0.2, 0.25) is 0 Å². The molecular formula is C14H6N4O4. The highest BCUT2D eigenvalue weighted by Gasteiger charge is 2.16. The number of aromatic carboxylic acids is 2. The second-order valence-electron chi connectivity index (χ2n) is 4.06. The number of rotatable bonds is 3. The summed E-state index contributed by atoms with van der Waals surface area (Å²) < 4.78 is 0. The van der Waals surface area contributed by atoms with Crippen molar-refractivity contribution in [3.8, 4) is 23.5 Å². The summed E-state index contributed by atoms with van der Waals surface area (Å²) in [4.78, 5) is 29.6. The molecule has 0 amide bonds. The Morgan fingerprint density at radius 3 is 1.50 bits per heavy atom. The lowest BCUT2D eigenvalue weighted by molar-refractivity contribution is 0.0685. The maximum atomic E-state index is 10.9. The molecule has 2 rings (SSSR count). The van der Waals surface area contributed by atoms with Crippen LogP contribution in [0.25, 0.3) is 11.4 Å². The first-order valence-corrected chi connectivity index (χ1v) is 5.75. The number of nitrogens with zero attached hydrogens (tertiary/aromatic N) is 4. The monoisotopic (exact) mass is 294 g/mol. The van der Waals surface area contributed by atoms with Gasteiger partial charge in [-0.3, -0.25) is 9.97 Å². The molecule has 106 valence electrons. The molecular weight excluding hydrogens is 288 g/mol. The molecule has 0 saturated heterocycles. The predicted octanol–water partition coefficient (Wildman–Crippen LogP) is 1.28. The van der Waals surface area contributed by atoms with E-state index in [0.717, 1.165) is 12.4 Å². The lowest BCUT2D eigenvalue weighted by atomic mass is 10.1. The Bertz CT molecular complexity index is 804. The molecule has 22 heavy (non-hydrogen) atoms. The number of carbonyl (C=O) groups is 2. The zero-order valence-electron chi connectivity index (χ0n) is 10.8. The van der Waals surface area contributed by atoms with E-state index in [1.165, 1.54) is 12.1 Å². The van der Waals surface area contributed by atoms with Gasteiger partial charge in [-0.05, 0) is 12.1 Å². The molecule has 0 unspecified atom stereocenters. The summed E-state index contributed by atoms with van der Waals surface area (Å²) >= 11 is 0. The van der Waals surface area contributed by atoms with Crippen LogP contribution in [0.3, 0.4) is 0 Å². The molecule has 2 aromatic rings. The van der Waals surface area contributed by atoms with E-state index < -0.39 is 11.9 Å². The maximum Gasteiger partial charge on any atom is 0.338 e. The smallest absolute Gasteiger partial charge is 0.338 e. The van der Waals surface area contributed by atoms with E-state index in [-0.39, 0.29) is 33.6 Å². The number of pyridine rings is 2. The van der Waals surface area contributed by atoms with Gasteiger partial charge in [-0.25, -0.2) is 9.59 Å². The molecule has 2 aromatic heterocycles. The zero-order valence-corrected chi connectivity index (χ0v) is 10.8. The van der Waals surface area contributed by atoms with E-state index in [1.807, 2.05) is 0 Å². The third-order valence-corrected chi connectivity index (χ3v) is 2.77.